The molecule has 0 unspecified atom stereocenters. The Balaban J connectivity index is 1.55. The number of rotatable bonds is 6. The summed E-state index contributed by atoms with van der Waals surface area (Å²) in [4.78, 5) is 13.5. The van der Waals surface area contributed by atoms with E-state index in [1.807, 2.05) is 17.5 Å². The first-order chi connectivity index (χ1) is 12.5. The molecule has 1 atom stereocenters. The predicted octanol–water partition coefficient (Wildman–Crippen LogP) is 3.56. The van der Waals surface area contributed by atoms with Crippen LogP contribution in [0.2, 0.25) is 0 Å². The van der Waals surface area contributed by atoms with E-state index in [9.17, 15) is 14.3 Å². The molecule has 1 aromatic carbocycles. The van der Waals surface area contributed by atoms with E-state index in [0.717, 1.165) is 5.56 Å². The van der Waals surface area contributed by atoms with Crippen molar-refractivity contribution in [3.8, 4) is 0 Å². The van der Waals surface area contributed by atoms with Crippen LogP contribution in [0.3, 0.4) is 0 Å². The molecule has 1 fully saturated rings. The maximum absolute atomic E-state index is 13.2. The van der Waals surface area contributed by atoms with Crippen LogP contribution in [-0.4, -0.2) is 17.6 Å². The number of amides is 1. The number of carbonyl (C=O) groups excluding carboxylic acids is 1. The molecule has 0 radical (unpaired) electrons. The fourth-order valence-corrected chi connectivity index (χ4v) is 4.07. The third-order valence-electron chi connectivity index (χ3n) is 4.94. The highest BCUT2D eigenvalue weighted by Gasteiger charge is 2.51. The lowest BCUT2D eigenvalue weighted by atomic mass is 9.93. The largest absolute Gasteiger partial charge is 0.466 e. The summed E-state index contributed by atoms with van der Waals surface area (Å²) in [5.74, 6) is -0.104. The Hall–Kier alpha value is -2.44. The number of carbonyl (C=O) groups is 1. The van der Waals surface area contributed by atoms with Crippen molar-refractivity contribution < 1.29 is 18.7 Å². The number of furan rings is 1. The molecular formula is C20H18FNO3S. The zero-order valence-corrected chi connectivity index (χ0v) is 14.8. The van der Waals surface area contributed by atoms with Crippen molar-refractivity contribution in [2.75, 3.05) is 6.54 Å². The lowest BCUT2D eigenvalue weighted by Crippen LogP contribution is -2.44. The van der Waals surface area contributed by atoms with E-state index in [1.165, 1.54) is 29.7 Å². The predicted molar refractivity (Wildman–Crippen MR) is 96.3 cm³/mol. The van der Waals surface area contributed by atoms with Crippen LogP contribution in [0.15, 0.2) is 64.6 Å². The van der Waals surface area contributed by atoms with E-state index in [-0.39, 0.29) is 18.3 Å². The molecule has 26 heavy (non-hydrogen) atoms. The molecule has 0 bridgehead atoms. The third kappa shape index (κ3) is 2.85. The average Bonchev–Trinajstić information content (AvgIpc) is 3.08. The summed E-state index contributed by atoms with van der Waals surface area (Å²) < 4.78 is 18.6. The van der Waals surface area contributed by atoms with Crippen molar-refractivity contribution in [3.63, 3.8) is 0 Å². The molecule has 6 heteroatoms. The molecule has 1 aliphatic carbocycles. The highest BCUT2D eigenvalue weighted by molar-refractivity contribution is 7.10. The smallest absolute Gasteiger partial charge is 0.230 e. The van der Waals surface area contributed by atoms with E-state index in [4.69, 9.17) is 4.42 Å². The van der Waals surface area contributed by atoms with Gasteiger partial charge in [0, 0.05) is 4.88 Å². The lowest BCUT2D eigenvalue weighted by molar-refractivity contribution is -0.124. The highest BCUT2D eigenvalue weighted by Crippen LogP contribution is 2.48. The van der Waals surface area contributed by atoms with Gasteiger partial charge in [-0.2, -0.15) is 0 Å². The molecule has 3 aromatic rings. The lowest BCUT2D eigenvalue weighted by Gasteiger charge is -2.26. The van der Waals surface area contributed by atoms with Gasteiger partial charge in [0.2, 0.25) is 5.91 Å². The van der Waals surface area contributed by atoms with Gasteiger partial charge in [0.05, 0.1) is 18.2 Å². The van der Waals surface area contributed by atoms with Crippen LogP contribution >= 0.6 is 11.3 Å². The number of hydrogen-bond donors (Lipinski definition) is 2. The quantitative estimate of drug-likeness (QED) is 0.696. The van der Waals surface area contributed by atoms with Crippen molar-refractivity contribution in [1.82, 2.24) is 5.32 Å². The molecule has 0 aliphatic heterocycles. The summed E-state index contributed by atoms with van der Waals surface area (Å²) >= 11 is 1.40. The summed E-state index contributed by atoms with van der Waals surface area (Å²) in [5, 5.41) is 16.0. The number of hydrogen-bond acceptors (Lipinski definition) is 4. The normalized spacial score (nSPS) is 17.5. The van der Waals surface area contributed by atoms with Crippen LogP contribution in [-0.2, 0) is 15.8 Å². The second-order valence-electron chi connectivity index (χ2n) is 6.59. The minimum atomic E-state index is -1.42. The molecule has 134 valence electrons. The molecule has 4 nitrogen and oxygen atoms in total. The number of aliphatic hydroxyl groups is 1. The van der Waals surface area contributed by atoms with Crippen LogP contribution < -0.4 is 5.32 Å². The van der Waals surface area contributed by atoms with Gasteiger partial charge < -0.3 is 14.8 Å². The zero-order valence-electron chi connectivity index (χ0n) is 13.9. The van der Waals surface area contributed by atoms with Crippen LogP contribution in [0.1, 0.15) is 29.0 Å². The molecule has 0 spiro atoms. The van der Waals surface area contributed by atoms with E-state index in [1.54, 1.807) is 24.3 Å². The van der Waals surface area contributed by atoms with Gasteiger partial charge in [-0.15, -0.1) is 11.3 Å². The van der Waals surface area contributed by atoms with Crippen molar-refractivity contribution in [1.29, 1.82) is 0 Å². The Morgan fingerprint density at radius 2 is 2.00 bits per heavy atom. The number of halogens is 1. The standard InChI is InChI=1S/C20H18FNO3S/c21-15-7-5-14(6-8-15)19(9-10-19)18(23)22-13-20(24,16-3-1-11-25-16)17-4-2-12-26-17/h1-8,11-12,24H,9-10,13H2,(H,22,23)/t20-/m1/s1. The Morgan fingerprint density at radius 3 is 2.58 bits per heavy atom. The van der Waals surface area contributed by atoms with Gasteiger partial charge in [-0.1, -0.05) is 18.2 Å². The Kier molecular flexibility index (Phi) is 4.17. The van der Waals surface area contributed by atoms with Gasteiger partial charge in [0.25, 0.3) is 0 Å². The molecule has 0 saturated heterocycles. The average molecular weight is 371 g/mol. The third-order valence-corrected chi connectivity index (χ3v) is 5.96. The second kappa shape index (κ2) is 6.37. The molecule has 1 amide bonds. The summed E-state index contributed by atoms with van der Waals surface area (Å²) in [7, 11) is 0. The molecular weight excluding hydrogens is 353 g/mol. The summed E-state index contributed by atoms with van der Waals surface area (Å²) in [6.07, 6.45) is 2.92. The molecule has 1 saturated carbocycles. The number of thiophene rings is 1. The van der Waals surface area contributed by atoms with Gasteiger partial charge in [-0.05, 0) is 54.1 Å². The maximum atomic E-state index is 13.2. The second-order valence-corrected chi connectivity index (χ2v) is 7.53. The van der Waals surface area contributed by atoms with Crippen LogP contribution in [0, 0.1) is 5.82 Å². The first-order valence-corrected chi connectivity index (χ1v) is 9.27. The Bertz CT molecular complexity index is 850. The van der Waals surface area contributed by atoms with E-state index >= 15 is 0 Å². The van der Waals surface area contributed by atoms with Gasteiger partial charge >= 0.3 is 0 Å². The van der Waals surface area contributed by atoms with E-state index in [2.05, 4.69) is 5.32 Å². The zero-order chi connectivity index (χ0) is 18.2. The first kappa shape index (κ1) is 17.0. The minimum Gasteiger partial charge on any atom is -0.466 e. The molecule has 2 aromatic heterocycles. The van der Waals surface area contributed by atoms with Gasteiger partial charge in [-0.25, -0.2) is 4.39 Å². The van der Waals surface area contributed by atoms with Crippen LogP contribution in [0.5, 0.6) is 0 Å². The Labute approximate surface area is 154 Å². The summed E-state index contributed by atoms with van der Waals surface area (Å²) in [6, 6.07) is 13.1. The maximum Gasteiger partial charge on any atom is 0.230 e. The monoisotopic (exact) mass is 371 g/mol. The molecule has 2 N–H and O–H groups in total. The highest BCUT2D eigenvalue weighted by atomic mass is 32.1. The summed E-state index contributed by atoms with van der Waals surface area (Å²) in [5.41, 5.74) is -1.26. The number of benzene rings is 1. The van der Waals surface area contributed by atoms with E-state index in [0.29, 0.717) is 23.5 Å². The van der Waals surface area contributed by atoms with Gasteiger partial charge in [0.15, 0.2) is 5.60 Å². The van der Waals surface area contributed by atoms with Crippen molar-refractivity contribution in [3.05, 3.63) is 82.2 Å². The molecule has 1 aliphatic rings. The van der Waals surface area contributed by atoms with Gasteiger partial charge in [-0.3, -0.25) is 4.79 Å². The topological polar surface area (TPSA) is 62.5 Å². The fourth-order valence-electron chi connectivity index (χ4n) is 3.24. The fraction of sp³-hybridized carbons (Fsp3) is 0.250. The molecule has 2 heterocycles. The first-order valence-electron chi connectivity index (χ1n) is 8.39. The summed E-state index contributed by atoms with van der Waals surface area (Å²) in [6.45, 7) is 0.00278. The SMILES string of the molecule is O=C(NC[C@@](O)(c1ccco1)c1cccs1)C1(c2ccc(F)cc2)CC1. The number of nitrogens with one attached hydrogen (secondary N) is 1. The van der Waals surface area contributed by atoms with Crippen molar-refractivity contribution >= 4 is 17.2 Å². The van der Waals surface area contributed by atoms with Crippen LogP contribution in [0.4, 0.5) is 4.39 Å². The Morgan fingerprint density at radius 1 is 1.23 bits per heavy atom. The van der Waals surface area contributed by atoms with Crippen molar-refractivity contribution in [2.45, 2.75) is 23.9 Å². The van der Waals surface area contributed by atoms with E-state index < -0.39 is 11.0 Å². The van der Waals surface area contributed by atoms with Crippen molar-refractivity contribution in [2.24, 2.45) is 0 Å². The molecule has 4 rings (SSSR count). The minimum absolute atomic E-state index is 0.00278. The van der Waals surface area contributed by atoms with Crippen LogP contribution in [0.25, 0.3) is 0 Å². The van der Waals surface area contributed by atoms with Gasteiger partial charge in [0.1, 0.15) is 11.6 Å².